The number of carbonyl (C=O) groups excluding carboxylic acids is 2. The minimum atomic E-state index is -0.0920. The number of likely N-dealkylation sites (tertiary alicyclic amines) is 1. The third-order valence-electron chi connectivity index (χ3n) is 5.96. The van der Waals surface area contributed by atoms with E-state index in [0.29, 0.717) is 24.4 Å². The lowest BCUT2D eigenvalue weighted by Crippen LogP contribution is -2.28. The summed E-state index contributed by atoms with van der Waals surface area (Å²) < 4.78 is 0. The van der Waals surface area contributed by atoms with Crippen LogP contribution in [0.1, 0.15) is 34.2 Å². The summed E-state index contributed by atoms with van der Waals surface area (Å²) in [5, 5.41) is 0. The van der Waals surface area contributed by atoms with Gasteiger partial charge >= 0.3 is 0 Å². The molecule has 170 valence electrons. The fourth-order valence-corrected chi connectivity index (χ4v) is 4.10. The van der Waals surface area contributed by atoms with Crippen LogP contribution in [0.4, 0.5) is 5.82 Å². The van der Waals surface area contributed by atoms with Gasteiger partial charge in [0.05, 0.1) is 12.2 Å². The molecule has 33 heavy (non-hydrogen) atoms. The van der Waals surface area contributed by atoms with Crippen LogP contribution in [0.5, 0.6) is 0 Å². The summed E-state index contributed by atoms with van der Waals surface area (Å²) in [7, 11) is 7.43. The molecule has 7 nitrogen and oxygen atoms in total. The molecule has 3 aromatic rings. The van der Waals surface area contributed by atoms with Crippen LogP contribution in [0.15, 0.2) is 60.7 Å². The van der Waals surface area contributed by atoms with Crippen molar-refractivity contribution >= 4 is 17.6 Å². The second-order valence-electron chi connectivity index (χ2n) is 8.71. The van der Waals surface area contributed by atoms with E-state index < -0.39 is 0 Å². The second-order valence-corrected chi connectivity index (χ2v) is 8.71. The summed E-state index contributed by atoms with van der Waals surface area (Å²) in [5.74, 6) is 1.39. The molecule has 0 spiro atoms. The van der Waals surface area contributed by atoms with Gasteiger partial charge < -0.3 is 14.7 Å². The molecule has 1 atom stereocenters. The van der Waals surface area contributed by atoms with Crippen molar-refractivity contribution in [2.75, 3.05) is 39.6 Å². The van der Waals surface area contributed by atoms with E-state index in [2.05, 4.69) is 4.98 Å². The Bertz CT molecular complexity index is 1160. The summed E-state index contributed by atoms with van der Waals surface area (Å²) in [4.78, 5) is 40.2. The molecule has 7 heteroatoms. The monoisotopic (exact) mass is 443 g/mol. The van der Waals surface area contributed by atoms with E-state index >= 15 is 0 Å². The fourth-order valence-electron chi connectivity index (χ4n) is 4.10. The Morgan fingerprint density at radius 1 is 1.03 bits per heavy atom. The molecule has 0 radical (unpaired) electrons. The molecule has 1 fully saturated rings. The lowest BCUT2D eigenvalue weighted by molar-refractivity contribution is -0.126. The maximum absolute atomic E-state index is 13.4. The SMILES string of the molecule is CN1C[C@@H](c2cc(N(C)C)nc(CN(C)C(=O)c3ccccc3-c3ccccc3)n2)CC1=O. The van der Waals surface area contributed by atoms with E-state index in [9.17, 15) is 9.59 Å². The number of likely N-dealkylation sites (N-methyl/N-ethyl adjacent to an activating group) is 1. The quantitative estimate of drug-likeness (QED) is 0.584. The molecule has 0 saturated carbocycles. The molecule has 2 amide bonds. The van der Waals surface area contributed by atoms with Crippen LogP contribution in [0.25, 0.3) is 11.1 Å². The van der Waals surface area contributed by atoms with E-state index in [1.165, 1.54) is 0 Å². The number of hydrogen-bond acceptors (Lipinski definition) is 5. The molecule has 0 aliphatic carbocycles. The predicted octanol–water partition coefficient (Wildman–Crippen LogP) is 3.43. The van der Waals surface area contributed by atoms with Gasteiger partial charge in [-0.2, -0.15) is 0 Å². The number of nitrogens with zero attached hydrogens (tertiary/aromatic N) is 5. The van der Waals surface area contributed by atoms with E-state index in [-0.39, 0.29) is 24.3 Å². The van der Waals surface area contributed by atoms with Crippen LogP contribution < -0.4 is 4.90 Å². The number of hydrogen-bond donors (Lipinski definition) is 0. The number of anilines is 1. The van der Waals surface area contributed by atoms with Crippen molar-refractivity contribution in [1.29, 1.82) is 0 Å². The molecule has 2 aromatic carbocycles. The lowest BCUT2D eigenvalue weighted by atomic mass is 9.99. The van der Waals surface area contributed by atoms with Gasteiger partial charge in [0, 0.05) is 58.7 Å². The zero-order valence-corrected chi connectivity index (χ0v) is 19.5. The molecule has 1 aliphatic heterocycles. The Morgan fingerprint density at radius 2 is 1.73 bits per heavy atom. The fraction of sp³-hybridized carbons (Fsp3) is 0.308. The van der Waals surface area contributed by atoms with Crippen LogP contribution in [-0.4, -0.2) is 66.3 Å². The maximum atomic E-state index is 13.4. The molecule has 1 saturated heterocycles. The highest BCUT2D eigenvalue weighted by Crippen LogP contribution is 2.28. The van der Waals surface area contributed by atoms with E-state index in [0.717, 1.165) is 22.6 Å². The van der Waals surface area contributed by atoms with Gasteiger partial charge in [0.2, 0.25) is 5.91 Å². The summed E-state index contributed by atoms with van der Waals surface area (Å²) in [6, 6.07) is 19.5. The van der Waals surface area contributed by atoms with Gasteiger partial charge in [0.25, 0.3) is 5.91 Å². The first-order valence-corrected chi connectivity index (χ1v) is 11.0. The van der Waals surface area contributed by atoms with Crippen molar-refractivity contribution in [3.05, 3.63) is 77.7 Å². The largest absolute Gasteiger partial charge is 0.363 e. The Labute approximate surface area is 194 Å². The molecule has 0 bridgehead atoms. The minimum absolute atomic E-state index is 0.0303. The van der Waals surface area contributed by atoms with Crippen molar-refractivity contribution in [2.45, 2.75) is 18.9 Å². The van der Waals surface area contributed by atoms with Gasteiger partial charge in [0.15, 0.2) is 0 Å². The van der Waals surface area contributed by atoms with Crippen LogP contribution in [0.3, 0.4) is 0 Å². The van der Waals surface area contributed by atoms with Gasteiger partial charge in [-0.3, -0.25) is 9.59 Å². The van der Waals surface area contributed by atoms with Crippen molar-refractivity contribution < 1.29 is 9.59 Å². The topological polar surface area (TPSA) is 69.6 Å². The van der Waals surface area contributed by atoms with Crippen molar-refractivity contribution in [2.24, 2.45) is 0 Å². The average Bonchev–Trinajstić information content (AvgIpc) is 3.17. The number of aromatic nitrogens is 2. The van der Waals surface area contributed by atoms with E-state index in [1.807, 2.05) is 86.7 Å². The molecule has 2 heterocycles. The molecule has 0 unspecified atom stereocenters. The summed E-state index contributed by atoms with van der Waals surface area (Å²) in [6.07, 6.45) is 0.443. The van der Waals surface area contributed by atoms with Crippen LogP contribution >= 0.6 is 0 Å². The Balaban J connectivity index is 1.61. The van der Waals surface area contributed by atoms with Gasteiger partial charge in [-0.25, -0.2) is 9.97 Å². The van der Waals surface area contributed by atoms with Crippen molar-refractivity contribution in [3.63, 3.8) is 0 Å². The highest BCUT2D eigenvalue weighted by molar-refractivity contribution is 6.00. The van der Waals surface area contributed by atoms with Crippen LogP contribution in [-0.2, 0) is 11.3 Å². The number of carbonyl (C=O) groups is 2. The minimum Gasteiger partial charge on any atom is -0.363 e. The smallest absolute Gasteiger partial charge is 0.254 e. The van der Waals surface area contributed by atoms with Crippen molar-refractivity contribution in [1.82, 2.24) is 19.8 Å². The zero-order valence-electron chi connectivity index (χ0n) is 19.5. The summed E-state index contributed by atoms with van der Waals surface area (Å²) in [6.45, 7) is 0.911. The first kappa shape index (κ1) is 22.5. The van der Waals surface area contributed by atoms with Crippen molar-refractivity contribution in [3.8, 4) is 11.1 Å². The average molecular weight is 444 g/mol. The Kier molecular flexibility index (Phi) is 6.40. The van der Waals surface area contributed by atoms with Crippen LogP contribution in [0.2, 0.25) is 0 Å². The normalized spacial score (nSPS) is 15.6. The molecular formula is C26H29N5O2. The molecule has 4 rings (SSSR count). The molecule has 1 aliphatic rings. The third kappa shape index (κ3) is 4.87. The van der Waals surface area contributed by atoms with Gasteiger partial charge in [-0.1, -0.05) is 48.5 Å². The van der Waals surface area contributed by atoms with Crippen LogP contribution in [0, 0.1) is 0 Å². The predicted molar refractivity (Wildman–Crippen MR) is 129 cm³/mol. The van der Waals surface area contributed by atoms with E-state index in [1.54, 1.807) is 16.8 Å². The van der Waals surface area contributed by atoms with Gasteiger partial charge in [-0.05, 0) is 17.2 Å². The standard InChI is InChI=1S/C26H29N5O2/c1-29(2)24-15-22(19-14-25(32)30(3)16-19)27-23(28-24)17-31(4)26(33)21-13-9-8-12-20(21)18-10-6-5-7-11-18/h5-13,15,19H,14,16-17H2,1-4H3/t19-/m0/s1. The molecular weight excluding hydrogens is 414 g/mol. The first-order valence-electron chi connectivity index (χ1n) is 11.0. The number of rotatable bonds is 6. The maximum Gasteiger partial charge on any atom is 0.254 e. The number of benzene rings is 2. The summed E-state index contributed by atoms with van der Waals surface area (Å²) >= 11 is 0. The number of amides is 2. The highest BCUT2D eigenvalue weighted by Gasteiger charge is 2.30. The van der Waals surface area contributed by atoms with Gasteiger partial charge in [-0.15, -0.1) is 0 Å². The first-order chi connectivity index (χ1) is 15.8. The highest BCUT2D eigenvalue weighted by atomic mass is 16.2. The molecule has 1 aromatic heterocycles. The third-order valence-corrected chi connectivity index (χ3v) is 5.96. The Morgan fingerprint density at radius 3 is 2.39 bits per heavy atom. The van der Waals surface area contributed by atoms with Gasteiger partial charge in [0.1, 0.15) is 11.6 Å². The Hall–Kier alpha value is -3.74. The lowest BCUT2D eigenvalue weighted by Gasteiger charge is -2.21. The molecule has 0 N–H and O–H groups in total. The second kappa shape index (κ2) is 9.40. The zero-order chi connectivity index (χ0) is 23.5. The van der Waals surface area contributed by atoms with E-state index in [4.69, 9.17) is 4.98 Å². The summed E-state index contributed by atoms with van der Waals surface area (Å²) in [5.41, 5.74) is 3.37.